The Balaban J connectivity index is 1.50. The summed E-state index contributed by atoms with van der Waals surface area (Å²) >= 11 is 1.66. The highest BCUT2D eigenvalue weighted by Crippen LogP contribution is 2.29. The lowest BCUT2D eigenvalue weighted by Gasteiger charge is -2.30. The first-order valence-corrected chi connectivity index (χ1v) is 9.89. The predicted molar refractivity (Wildman–Crippen MR) is 108 cm³/mol. The van der Waals surface area contributed by atoms with Crippen LogP contribution in [0.15, 0.2) is 47.8 Å². The van der Waals surface area contributed by atoms with Crippen LogP contribution in [0.25, 0.3) is 11.3 Å². The number of benzene rings is 2. The van der Waals surface area contributed by atoms with Gasteiger partial charge >= 0.3 is 0 Å². The maximum Gasteiger partial charge on any atom is 0.231 e. The van der Waals surface area contributed by atoms with Gasteiger partial charge in [-0.15, -0.1) is 11.3 Å². The smallest absolute Gasteiger partial charge is 0.231 e. The van der Waals surface area contributed by atoms with Gasteiger partial charge in [-0.3, -0.25) is 4.79 Å². The Morgan fingerprint density at radius 1 is 1.15 bits per heavy atom. The summed E-state index contributed by atoms with van der Waals surface area (Å²) in [7, 11) is 0. The van der Waals surface area contributed by atoms with E-state index in [1.54, 1.807) is 11.3 Å². The van der Waals surface area contributed by atoms with Gasteiger partial charge in [0.25, 0.3) is 0 Å². The number of amides is 1. The van der Waals surface area contributed by atoms with Crippen LogP contribution in [-0.2, 0) is 17.6 Å². The number of anilines is 1. The van der Waals surface area contributed by atoms with Crippen LogP contribution in [-0.4, -0.2) is 17.4 Å². The first-order chi connectivity index (χ1) is 12.6. The van der Waals surface area contributed by atoms with Crippen molar-refractivity contribution in [3.63, 3.8) is 0 Å². The Kier molecular flexibility index (Phi) is 4.60. The Morgan fingerprint density at radius 2 is 1.96 bits per heavy atom. The van der Waals surface area contributed by atoms with E-state index in [0.717, 1.165) is 46.9 Å². The Morgan fingerprint density at radius 3 is 2.69 bits per heavy atom. The lowest BCUT2D eigenvalue weighted by Crippen LogP contribution is -2.36. The van der Waals surface area contributed by atoms with Crippen LogP contribution < -0.4 is 4.90 Å². The molecule has 0 atom stereocenters. The van der Waals surface area contributed by atoms with Gasteiger partial charge in [0.15, 0.2) is 0 Å². The largest absolute Gasteiger partial charge is 0.312 e. The summed E-state index contributed by atoms with van der Waals surface area (Å²) < 4.78 is 0. The molecule has 4 heteroatoms. The molecule has 3 nitrogen and oxygen atoms in total. The van der Waals surface area contributed by atoms with Crippen LogP contribution >= 0.6 is 11.3 Å². The molecule has 0 saturated carbocycles. The minimum Gasteiger partial charge on any atom is -0.312 e. The van der Waals surface area contributed by atoms with E-state index in [2.05, 4.69) is 47.6 Å². The normalized spacial score (nSPS) is 13.5. The molecule has 0 saturated heterocycles. The van der Waals surface area contributed by atoms with Crippen molar-refractivity contribution in [2.45, 2.75) is 33.1 Å². The third-order valence-electron chi connectivity index (χ3n) is 4.88. The summed E-state index contributed by atoms with van der Waals surface area (Å²) in [4.78, 5) is 19.4. The fraction of sp³-hybridized carbons (Fsp3) is 0.273. The molecule has 0 unspecified atom stereocenters. The summed E-state index contributed by atoms with van der Waals surface area (Å²) in [5.41, 5.74) is 6.78. The molecule has 2 heterocycles. The van der Waals surface area contributed by atoms with E-state index in [4.69, 9.17) is 0 Å². The molecule has 4 rings (SSSR count). The maximum absolute atomic E-state index is 12.9. The SMILES string of the molecule is Cc1ccc2c(c1)CCCN2C(=O)Cc1ccc(-c2csc(C)n2)cc1. The molecular formula is C22H22N2OS. The predicted octanol–water partition coefficient (Wildman–Crippen LogP) is 4.95. The summed E-state index contributed by atoms with van der Waals surface area (Å²) in [6.45, 7) is 4.93. The lowest BCUT2D eigenvalue weighted by atomic mass is 9.98. The number of aromatic nitrogens is 1. The number of aryl methyl sites for hydroxylation is 3. The quantitative estimate of drug-likeness (QED) is 0.660. The molecular weight excluding hydrogens is 340 g/mol. The molecule has 0 spiro atoms. The van der Waals surface area contributed by atoms with Crippen LogP contribution in [0.1, 0.15) is 28.1 Å². The average molecular weight is 362 g/mol. The molecule has 1 aliphatic rings. The van der Waals surface area contributed by atoms with Gasteiger partial charge in [0, 0.05) is 23.2 Å². The highest BCUT2D eigenvalue weighted by atomic mass is 32.1. The fourth-order valence-electron chi connectivity index (χ4n) is 3.54. The Labute approximate surface area is 158 Å². The summed E-state index contributed by atoms with van der Waals surface area (Å²) in [5.74, 6) is 0.173. The highest BCUT2D eigenvalue weighted by Gasteiger charge is 2.22. The Hall–Kier alpha value is -2.46. The highest BCUT2D eigenvalue weighted by molar-refractivity contribution is 7.09. The molecule has 1 aromatic heterocycles. The number of thiazole rings is 1. The van der Waals surface area contributed by atoms with Crippen LogP contribution in [0.2, 0.25) is 0 Å². The first-order valence-electron chi connectivity index (χ1n) is 9.01. The molecule has 0 radical (unpaired) electrons. The third-order valence-corrected chi connectivity index (χ3v) is 5.65. The van der Waals surface area contributed by atoms with Crippen LogP contribution in [0, 0.1) is 13.8 Å². The number of hydrogen-bond acceptors (Lipinski definition) is 3. The Bertz CT molecular complexity index is 943. The number of nitrogens with zero attached hydrogens (tertiary/aromatic N) is 2. The van der Waals surface area contributed by atoms with Gasteiger partial charge in [-0.1, -0.05) is 42.0 Å². The standard InChI is InChI=1S/C22H22N2OS/c1-15-5-10-21-19(12-15)4-3-11-24(21)22(25)13-17-6-8-18(9-7-17)20-14-26-16(2)23-20/h5-10,12,14H,3-4,11,13H2,1-2H3. The van der Waals surface area contributed by atoms with Gasteiger partial charge in [-0.25, -0.2) is 4.98 Å². The van der Waals surface area contributed by atoms with Crippen LogP contribution in [0.4, 0.5) is 5.69 Å². The van der Waals surface area contributed by atoms with Crippen molar-refractivity contribution in [2.24, 2.45) is 0 Å². The topological polar surface area (TPSA) is 33.2 Å². The number of rotatable bonds is 3. The molecule has 0 fully saturated rings. The number of carbonyl (C=O) groups excluding carboxylic acids is 1. The van der Waals surface area contributed by atoms with Crippen molar-refractivity contribution in [2.75, 3.05) is 11.4 Å². The second-order valence-electron chi connectivity index (χ2n) is 6.91. The molecule has 0 N–H and O–H groups in total. The van der Waals surface area contributed by atoms with E-state index in [-0.39, 0.29) is 5.91 Å². The van der Waals surface area contributed by atoms with Gasteiger partial charge in [-0.2, -0.15) is 0 Å². The van der Waals surface area contributed by atoms with Crippen molar-refractivity contribution in [3.05, 3.63) is 69.5 Å². The molecule has 0 aliphatic carbocycles. The van der Waals surface area contributed by atoms with E-state index < -0.39 is 0 Å². The molecule has 132 valence electrons. The number of carbonyl (C=O) groups is 1. The molecule has 0 bridgehead atoms. The van der Waals surface area contributed by atoms with E-state index in [0.29, 0.717) is 6.42 Å². The monoisotopic (exact) mass is 362 g/mol. The fourth-order valence-corrected chi connectivity index (χ4v) is 4.17. The van der Waals surface area contributed by atoms with Gasteiger partial charge in [0.1, 0.15) is 0 Å². The van der Waals surface area contributed by atoms with Crippen molar-refractivity contribution >= 4 is 22.9 Å². The number of fused-ring (bicyclic) bond motifs is 1. The molecule has 1 aliphatic heterocycles. The second-order valence-corrected chi connectivity index (χ2v) is 7.97. The minimum absolute atomic E-state index is 0.173. The van der Waals surface area contributed by atoms with Crippen molar-refractivity contribution < 1.29 is 4.79 Å². The summed E-state index contributed by atoms with van der Waals surface area (Å²) in [6, 6.07) is 14.6. The zero-order valence-corrected chi connectivity index (χ0v) is 16.0. The molecule has 26 heavy (non-hydrogen) atoms. The average Bonchev–Trinajstić information content (AvgIpc) is 3.08. The lowest BCUT2D eigenvalue weighted by molar-refractivity contribution is -0.118. The van der Waals surface area contributed by atoms with Crippen molar-refractivity contribution in [1.82, 2.24) is 4.98 Å². The van der Waals surface area contributed by atoms with E-state index in [1.807, 2.05) is 24.0 Å². The van der Waals surface area contributed by atoms with Gasteiger partial charge < -0.3 is 4.90 Å². The number of hydrogen-bond donors (Lipinski definition) is 0. The van der Waals surface area contributed by atoms with Crippen molar-refractivity contribution in [1.29, 1.82) is 0 Å². The molecule has 1 amide bonds. The summed E-state index contributed by atoms with van der Waals surface area (Å²) in [5, 5.41) is 3.14. The zero-order valence-electron chi connectivity index (χ0n) is 15.2. The summed E-state index contributed by atoms with van der Waals surface area (Å²) in [6.07, 6.45) is 2.52. The third kappa shape index (κ3) is 3.42. The first kappa shape index (κ1) is 17.0. The van der Waals surface area contributed by atoms with Crippen molar-refractivity contribution in [3.8, 4) is 11.3 Å². The minimum atomic E-state index is 0.173. The van der Waals surface area contributed by atoms with Crippen LogP contribution in [0.3, 0.4) is 0 Å². The zero-order chi connectivity index (χ0) is 18.1. The van der Waals surface area contributed by atoms with Gasteiger partial charge in [-0.05, 0) is 43.9 Å². The second kappa shape index (κ2) is 7.04. The molecule has 3 aromatic rings. The van der Waals surface area contributed by atoms with Gasteiger partial charge in [0.2, 0.25) is 5.91 Å². The van der Waals surface area contributed by atoms with Gasteiger partial charge in [0.05, 0.1) is 17.1 Å². The van der Waals surface area contributed by atoms with E-state index >= 15 is 0 Å². The van der Waals surface area contributed by atoms with E-state index in [9.17, 15) is 4.79 Å². The van der Waals surface area contributed by atoms with E-state index in [1.165, 1.54) is 11.1 Å². The maximum atomic E-state index is 12.9. The molecule has 2 aromatic carbocycles. The van der Waals surface area contributed by atoms with Crippen LogP contribution in [0.5, 0.6) is 0 Å².